The average Bonchev–Trinajstić information content (AvgIpc) is 2.93. The predicted octanol–water partition coefficient (Wildman–Crippen LogP) is 3.74. The van der Waals surface area contributed by atoms with Crippen LogP contribution in [0.3, 0.4) is 0 Å². The molecule has 0 atom stereocenters. The number of rotatable bonds is 4. The van der Waals surface area contributed by atoms with Gasteiger partial charge in [-0.05, 0) is 60.7 Å². The first kappa shape index (κ1) is 19.0. The smallest absolute Gasteiger partial charge is 0.335 e. The van der Waals surface area contributed by atoms with E-state index >= 15 is 0 Å². The molecule has 2 aromatic carbocycles. The van der Waals surface area contributed by atoms with Gasteiger partial charge in [0.25, 0.3) is 5.91 Å². The van der Waals surface area contributed by atoms with Crippen molar-refractivity contribution in [1.82, 2.24) is 4.90 Å². The Hall–Kier alpha value is -2.77. The lowest BCUT2D eigenvalue weighted by atomic mass is 10.2. The summed E-state index contributed by atoms with van der Waals surface area (Å²) in [7, 11) is 0. The van der Waals surface area contributed by atoms with E-state index in [0.29, 0.717) is 27.9 Å². The van der Waals surface area contributed by atoms with E-state index in [1.807, 2.05) is 6.92 Å². The van der Waals surface area contributed by atoms with Crippen LogP contribution >= 0.6 is 23.4 Å². The van der Waals surface area contributed by atoms with Gasteiger partial charge >= 0.3 is 5.97 Å². The molecule has 138 valence electrons. The Morgan fingerprint density at radius 2 is 2.00 bits per heavy atom. The molecule has 0 aliphatic carbocycles. The third-order valence-electron chi connectivity index (χ3n) is 3.80. The SMILES string of the molecule is CCN1C(=O)/C(=C/c2ccc([O-])c(Cl)c2)SC1=Nc1ccc(C(=O)O)cc1. The predicted molar refractivity (Wildman–Crippen MR) is 104 cm³/mol. The highest BCUT2D eigenvalue weighted by Crippen LogP contribution is 2.34. The molecule has 2 aromatic rings. The number of aromatic carboxylic acids is 1. The standard InChI is InChI=1S/C19H15ClN2O4S/c1-2-22-17(24)16(10-11-3-8-15(23)14(20)9-11)27-19(22)21-13-6-4-12(5-7-13)18(25)26/h3-10,23H,2H2,1H3,(H,25,26)/p-1/b16-10-,21-19?. The average molecular weight is 402 g/mol. The lowest BCUT2D eigenvalue weighted by Gasteiger charge is -2.12. The maximum atomic E-state index is 12.6. The van der Waals surface area contributed by atoms with Gasteiger partial charge in [-0.3, -0.25) is 9.69 Å². The summed E-state index contributed by atoms with van der Waals surface area (Å²) in [5.74, 6) is -1.47. The lowest BCUT2D eigenvalue weighted by molar-refractivity contribution is -0.268. The summed E-state index contributed by atoms with van der Waals surface area (Å²) in [6.45, 7) is 2.28. The molecule has 0 unspecified atom stereocenters. The maximum Gasteiger partial charge on any atom is 0.335 e. The van der Waals surface area contributed by atoms with Crippen molar-refractivity contribution in [3.8, 4) is 5.75 Å². The minimum absolute atomic E-state index is 0.0968. The number of halogens is 1. The number of benzene rings is 2. The van der Waals surface area contributed by atoms with Gasteiger partial charge in [0, 0.05) is 11.6 Å². The largest absolute Gasteiger partial charge is 0.871 e. The van der Waals surface area contributed by atoms with Crippen LogP contribution in [0.5, 0.6) is 5.75 Å². The molecule has 27 heavy (non-hydrogen) atoms. The molecule has 1 aliphatic heterocycles. The number of amidine groups is 1. The number of carboxylic acids is 1. The second-order valence-electron chi connectivity index (χ2n) is 5.60. The molecule has 0 saturated carbocycles. The molecular weight excluding hydrogens is 388 g/mol. The fourth-order valence-corrected chi connectivity index (χ4v) is 3.67. The first-order valence-corrected chi connectivity index (χ1v) is 9.18. The van der Waals surface area contributed by atoms with E-state index in [2.05, 4.69) is 4.99 Å². The van der Waals surface area contributed by atoms with Crippen LogP contribution in [0.15, 0.2) is 52.4 Å². The number of nitrogens with zero attached hydrogens (tertiary/aromatic N) is 2. The molecule has 0 bridgehead atoms. The number of likely N-dealkylation sites (N-methyl/N-ethyl adjacent to an activating group) is 1. The third-order valence-corrected chi connectivity index (χ3v) is 5.10. The molecule has 0 radical (unpaired) electrons. The third kappa shape index (κ3) is 4.15. The van der Waals surface area contributed by atoms with Gasteiger partial charge < -0.3 is 10.2 Å². The van der Waals surface area contributed by atoms with Crippen LogP contribution < -0.4 is 5.11 Å². The van der Waals surface area contributed by atoms with Crippen molar-refractivity contribution in [1.29, 1.82) is 0 Å². The van der Waals surface area contributed by atoms with E-state index in [-0.39, 0.29) is 22.2 Å². The van der Waals surface area contributed by atoms with Gasteiger partial charge in [-0.2, -0.15) is 0 Å². The molecule has 3 rings (SSSR count). The molecule has 1 amide bonds. The van der Waals surface area contributed by atoms with Crippen LogP contribution in [0.25, 0.3) is 6.08 Å². The second-order valence-corrected chi connectivity index (χ2v) is 7.01. The summed E-state index contributed by atoms with van der Waals surface area (Å²) in [6.07, 6.45) is 1.66. The van der Waals surface area contributed by atoms with Gasteiger partial charge in [-0.1, -0.05) is 29.5 Å². The maximum absolute atomic E-state index is 12.6. The van der Waals surface area contributed by atoms with E-state index < -0.39 is 5.97 Å². The zero-order chi connectivity index (χ0) is 19.6. The highest BCUT2D eigenvalue weighted by molar-refractivity contribution is 8.18. The fourth-order valence-electron chi connectivity index (χ4n) is 2.42. The van der Waals surface area contributed by atoms with Gasteiger partial charge in [-0.15, -0.1) is 0 Å². The molecule has 6 nitrogen and oxygen atoms in total. The van der Waals surface area contributed by atoms with Gasteiger partial charge in [-0.25, -0.2) is 9.79 Å². The van der Waals surface area contributed by atoms with E-state index in [4.69, 9.17) is 16.7 Å². The number of aliphatic imine (C=N–C) groups is 1. The van der Waals surface area contributed by atoms with Crippen molar-refractivity contribution >= 4 is 52.2 Å². The molecule has 1 N–H and O–H groups in total. The summed E-state index contributed by atoms with van der Waals surface area (Å²) in [6, 6.07) is 10.6. The monoisotopic (exact) mass is 401 g/mol. The summed E-state index contributed by atoms with van der Waals surface area (Å²) in [5.41, 5.74) is 1.37. The van der Waals surface area contributed by atoms with Crippen LogP contribution in [0.4, 0.5) is 5.69 Å². The van der Waals surface area contributed by atoms with Crippen molar-refractivity contribution in [2.75, 3.05) is 6.54 Å². The van der Waals surface area contributed by atoms with E-state index in [0.717, 1.165) is 0 Å². The topological polar surface area (TPSA) is 93.0 Å². The minimum Gasteiger partial charge on any atom is -0.871 e. The van der Waals surface area contributed by atoms with Crippen molar-refractivity contribution in [3.05, 3.63) is 63.5 Å². The van der Waals surface area contributed by atoms with Crippen molar-refractivity contribution in [3.63, 3.8) is 0 Å². The number of carbonyl (C=O) groups is 2. The van der Waals surface area contributed by atoms with Gasteiger partial charge in [0.15, 0.2) is 5.17 Å². The molecule has 0 aromatic heterocycles. The Morgan fingerprint density at radius 1 is 1.30 bits per heavy atom. The summed E-state index contributed by atoms with van der Waals surface area (Å²) in [5, 5.41) is 21.0. The lowest BCUT2D eigenvalue weighted by Crippen LogP contribution is -2.28. The van der Waals surface area contributed by atoms with Gasteiger partial charge in [0.1, 0.15) is 0 Å². The Labute approximate surface area is 164 Å². The zero-order valence-electron chi connectivity index (χ0n) is 14.2. The quantitative estimate of drug-likeness (QED) is 0.788. The minimum atomic E-state index is -1.01. The fraction of sp³-hybridized carbons (Fsp3) is 0.105. The van der Waals surface area contributed by atoms with Crippen molar-refractivity contribution in [2.45, 2.75) is 6.92 Å². The molecule has 8 heteroatoms. The first-order chi connectivity index (χ1) is 12.9. The zero-order valence-corrected chi connectivity index (χ0v) is 15.8. The number of thioether (sulfide) groups is 1. The van der Waals surface area contributed by atoms with E-state index in [1.165, 1.54) is 40.9 Å². The number of hydrogen-bond acceptors (Lipinski definition) is 5. The number of carboxylic acid groups (broad SMARTS) is 1. The normalized spacial score (nSPS) is 17.1. The molecule has 1 heterocycles. The van der Waals surface area contributed by atoms with Crippen LogP contribution in [0.1, 0.15) is 22.8 Å². The van der Waals surface area contributed by atoms with Crippen molar-refractivity contribution < 1.29 is 19.8 Å². The Balaban J connectivity index is 1.90. The van der Waals surface area contributed by atoms with E-state index in [9.17, 15) is 14.7 Å². The van der Waals surface area contributed by atoms with Gasteiger partial charge in [0.2, 0.25) is 0 Å². The number of carbonyl (C=O) groups excluding carboxylic acids is 1. The first-order valence-electron chi connectivity index (χ1n) is 7.99. The number of amides is 1. The number of hydrogen-bond donors (Lipinski definition) is 1. The Kier molecular flexibility index (Phi) is 5.53. The highest BCUT2D eigenvalue weighted by Gasteiger charge is 2.32. The second kappa shape index (κ2) is 7.85. The Bertz CT molecular complexity index is 970. The Morgan fingerprint density at radius 3 is 2.59 bits per heavy atom. The molecular formula is C19H14ClN2O4S-. The highest BCUT2D eigenvalue weighted by atomic mass is 35.5. The van der Waals surface area contributed by atoms with E-state index in [1.54, 1.807) is 24.3 Å². The molecule has 1 aliphatic rings. The van der Waals surface area contributed by atoms with Crippen LogP contribution in [-0.4, -0.2) is 33.6 Å². The summed E-state index contributed by atoms with van der Waals surface area (Å²) in [4.78, 5) is 30.0. The molecule has 1 fully saturated rings. The van der Waals surface area contributed by atoms with Crippen LogP contribution in [0, 0.1) is 0 Å². The van der Waals surface area contributed by atoms with Crippen LogP contribution in [-0.2, 0) is 4.79 Å². The van der Waals surface area contributed by atoms with Crippen molar-refractivity contribution in [2.24, 2.45) is 4.99 Å². The summed E-state index contributed by atoms with van der Waals surface area (Å²) >= 11 is 7.06. The summed E-state index contributed by atoms with van der Waals surface area (Å²) < 4.78 is 0. The van der Waals surface area contributed by atoms with Crippen LogP contribution in [0.2, 0.25) is 5.02 Å². The molecule has 0 spiro atoms. The van der Waals surface area contributed by atoms with Gasteiger partial charge in [0.05, 0.1) is 16.2 Å². The molecule has 1 saturated heterocycles.